The van der Waals surface area contributed by atoms with E-state index in [4.69, 9.17) is 4.98 Å². The minimum Gasteiger partial charge on any atom is -0.369 e. The summed E-state index contributed by atoms with van der Waals surface area (Å²) in [5.41, 5.74) is 0.967. The summed E-state index contributed by atoms with van der Waals surface area (Å²) in [4.78, 5) is 11.7. The van der Waals surface area contributed by atoms with Crippen molar-refractivity contribution in [2.75, 3.05) is 23.3 Å². The summed E-state index contributed by atoms with van der Waals surface area (Å²) in [6.45, 7) is 6.28. The van der Waals surface area contributed by atoms with E-state index < -0.39 is 0 Å². The van der Waals surface area contributed by atoms with Crippen LogP contribution in [0.25, 0.3) is 5.65 Å². The molecule has 5 nitrogen and oxygen atoms in total. The van der Waals surface area contributed by atoms with E-state index in [-0.39, 0.29) is 0 Å². The Morgan fingerprint density at radius 3 is 2.95 bits per heavy atom. The lowest BCUT2D eigenvalue weighted by Crippen LogP contribution is -2.28. The highest BCUT2D eigenvalue weighted by Crippen LogP contribution is 2.33. The largest absolute Gasteiger partial charge is 0.369 e. The molecule has 1 saturated carbocycles. The molecular weight excluding hydrogens is 250 g/mol. The fourth-order valence-corrected chi connectivity index (χ4v) is 2.55. The zero-order valence-corrected chi connectivity index (χ0v) is 12.3. The van der Waals surface area contributed by atoms with Crippen molar-refractivity contribution in [3.05, 3.63) is 18.6 Å². The molecule has 0 bridgehead atoms. The van der Waals surface area contributed by atoms with Crippen LogP contribution in [0.5, 0.6) is 0 Å². The van der Waals surface area contributed by atoms with Gasteiger partial charge in [0.2, 0.25) is 0 Å². The van der Waals surface area contributed by atoms with Gasteiger partial charge < -0.3 is 14.6 Å². The van der Waals surface area contributed by atoms with Crippen molar-refractivity contribution in [1.82, 2.24) is 14.4 Å². The summed E-state index contributed by atoms with van der Waals surface area (Å²) in [5.74, 6) is 1.96. The van der Waals surface area contributed by atoms with Gasteiger partial charge in [-0.25, -0.2) is 9.97 Å². The molecule has 5 heteroatoms. The van der Waals surface area contributed by atoms with Gasteiger partial charge in [0.05, 0.1) is 6.20 Å². The smallest absolute Gasteiger partial charge is 0.180 e. The Bertz CT molecular complexity index is 573. The number of unbranched alkanes of at least 4 members (excludes halogenated alkanes) is 1. The molecule has 1 aliphatic carbocycles. The van der Waals surface area contributed by atoms with Crippen molar-refractivity contribution in [1.29, 1.82) is 0 Å². The molecule has 1 aliphatic rings. The van der Waals surface area contributed by atoms with E-state index in [1.54, 1.807) is 0 Å². The van der Waals surface area contributed by atoms with Gasteiger partial charge >= 0.3 is 0 Å². The molecule has 2 aromatic rings. The Morgan fingerprint density at radius 1 is 1.40 bits per heavy atom. The second kappa shape index (κ2) is 5.69. The van der Waals surface area contributed by atoms with E-state index in [0.717, 1.165) is 30.4 Å². The van der Waals surface area contributed by atoms with Crippen LogP contribution in [-0.2, 0) is 0 Å². The zero-order valence-electron chi connectivity index (χ0n) is 12.3. The number of anilines is 2. The van der Waals surface area contributed by atoms with Crippen LogP contribution in [0.4, 0.5) is 11.6 Å². The van der Waals surface area contributed by atoms with Gasteiger partial charge in [-0.3, -0.25) is 0 Å². The van der Waals surface area contributed by atoms with Crippen LogP contribution < -0.4 is 10.2 Å². The fraction of sp³-hybridized carbons (Fsp3) is 0.600. The Labute approximate surface area is 120 Å². The first kappa shape index (κ1) is 13.2. The van der Waals surface area contributed by atoms with Crippen LogP contribution >= 0.6 is 0 Å². The standard InChI is InChI=1S/C15H23N5/c1-3-5-9-20(12-6-7-12)15-14-17-8-10-19(14)11-13(18-15)16-4-2/h8,10-12,16H,3-7,9H2,1-2H3. The summed E-state index contributed by atoms with van der Waals surface area (Å²) < 4.78 is 2.07. The second-order valence-electron chi connectivity index (χ2n) is 5.42. The summed E-state index contributed by atoms with van der Waals surface area (Å²) in [6, 6.07) is 0.659. The summed E-state index contributed by atoms with van der Waals surface area (Å²) >= 11 is 0. The van der Waals surface area contributed by atoms with Crippen molar-refractivity contribution in [3.8, 4) is 0 Å². The summed E-state index contributed by atoms with van der Waals surface area (Å²) in [5, 5.41) is 3.31. The molecule has 20 heavy (non-hydrogen) atoms. The van der Waals surface area contributed by atoms with E-state index in [9.17, 15) is 0 Å². The van der Waals surface area contributed by atoms with E-state index in [2.05, 4.69) is 33.4 Å². The van der Waals surface area contributed by atoms with Crippen LogP contribution in [0.3, 0.4) is 0 Å². The lowest BCUT2D eigenvalue weighted by molar-refractivity contribution is 0.705. The Balaban J connectivity index is 1.99. The molecular formula is C15H23N5. The molecule has 0 radical (unpaired) electrons. The molecule has 0 spiro atoms. The number of hydrogen-bond donors (Lipinski definition) is 1. The maximum atomic E-state index is 4.81. The number of imidazole rings is 1. The first-order valence-corrected chi connectivity index (χ1v) is 7.67. The molecule has 1 fully saturated rings. The fourth-order valence-electron chi connectivity index (χ4n) is 2.55. The molecule has 0 unspecified atom stereocenters. The van der Waals surface area contributed by atoms with Gasteiger partial charge in [0, 0.05) is 31.5 Å². The zero-order chi connectivity index (χ0) is 13.9. The lowest BCUT2D eigenvalue weighted by atomic mass is 10.3. The number of fused-ring (bicyclic) bond motifs is 1. The SMILES string of the molecule is CCCCN(c1nc(NCC)cn2ccnc12)C1CC1. The third kappa shape index (κ3) is 2.57. The highest BCUT2D eigenvalue weighted by atomic mass is 15.3. The normalized spacial score (nSPS) is 14.7. The van der Waals surface area contributed by atoms with Crippen LogP contribution in [0.2, 0.25) is 0 Å². The Hall–Kier alpha value is -1.78. The molecule has 0 aliphatic heterocycles. The highest BCUT2D eigenvalue weighted by molar-refractivity contribution is 5.67. The molecule has 0 saturated heterocycles. The van der Waals surface area contributed by atoms with Gasteiger partial charge in [-0.05, 0) is 26.2 Å². The van der Waals surface area contributed by atoms with E-state index >= 15 is 0 Å². The van der Waals surface area contributed by atoms with E-state index in [1.165, 1.54) is 25.7 Å². The van der Waals surface area contributed by atoms with Gasteiger partial charge in [0.15, 0.2) is 11.5 Å². The average Bonchev–Trinajstić information content (AvgIpc) is 3.17. The predicted octanol–water partition coefficient (Wildman–Crippen LogP) is 2.93. The minimum absolute atomic E-state index is 0.659. The van der Waals surface area contributed by atoms with Crippen molar-refractivity contribution in [2.45, 2.75) is 45.6 Å². The van der Waals surface area contributed by atoms with Gasteiger partial charge in [0.25, 0.3) is 0 Å². The number of hydrogen-bond acceptors (Lipinski definition) is 4. The first-order valence-electron chi connectivity index (χ1n) is 7.67. The van der Waals surface area contributed by atoms with Crippen LogP contribution in [0, 0.1) is 0 Å². The number of nitrogens with zero attached hydrogens (tertiary/aromatic N) is 4. The second-order valence-corrected chi connectivity index (χ2v) is 5.42. The average molecular weight is 273 g/mol. The van der Waals surface area contributed by atoms with Crippen LogP contribution in [-0.4, -0.2) is 33.5 Å². The van der Waals surface area contributed by atoms with Crippen molar-refractivity contribution < 1.29 is 0 Å². The topological polar surface area (TPSA) is 45.5 Å². The van der Waals surface area contributed by atoms with Crippen molar-refractivity contribution in [3.63, 3.8) is 0 Å². The Morgan fingerprint density at radius 2 is 2.25 bits per heavy atom. The van der Waals surface area contributed by atoms with E-state index in [0.29, 0.717) is 6.04 Å². The van der Waals surface area contributed by atoms with Gasteiger partial charge in [-0.1, -0.05) is 13.3 Å². The van der Waals surface area contributed by atoms with Gasteiger partial charge in [-0.15, -0.1) is 0 Å². The third-order valence-corrected chi connectivity index (χ3v) is 3.73. The monoisotopic (exact) mass is 273 g/mol. The molecule has 0 aromatic carbocycles. The predicted molar refractivity (Wildman–Crippen MR) is 82.4 cm³/mol. The molecule has 0 amide bonds. The number of rotatable bonds is 7. The van der Waals surface area contributed by atoms with Crippen molar-refractivity contribution in [2.24, 2.45) is 0 Å². The van der Waals surface area contributed by atoms with Gasteiger partial charge in [-0.2, -0.15) is 0 Å². The third-order valence-electron chi connectivity index (χ3n) is 3.73. The quantitative estimate of drug-likeness (QED) is 0.842. The lowest BCUT2D eigenvalue weighted by Gasteiger charge is -2.24. The molecule has 108 valence electrons. The number of aromatic nitrogens is 3. The first-order chi connectivity index (χ1) is 9.83. The summed E-state index contributed by atoms with van der Waals surface area (Å²) in [6.07, 6.45) is 10.8. The molecule has 1 N–H and O–H groups in total. The Kier molecular flexibility index (Phi) is 3.76. The molecule has 2 aromatic heterocycles. The summed E-state index contributed by atoms with van der Waals surface area (Å²) in [7, 11) is 0. The van der Waals surface area contributed by atoms with Crippen molar-refractivity contribution >= 4 is 17.3 Å². The minimum atomic E-state index is 0.659. The van der Waals surface area contributed by atoms with Crippen LogP contribution in [0.1, 0.15) is 39.5 Å². The maximum absolute atomic E-state index is 4.81. The molecule has 3 rings (SSSR count). The highest BCUT2D eigenvalue weighted by Gasteiger charge is 2.31. The maximum Gasteiger partial charge on any atom is 0.180 e. The number of nitrogens with one attached hydrogen (secondary N) is 1. The van der Waals surface area contributed by atoms with Gasteiger partial charge in [0.1, 0.15) is 5.82 Å². The van der Waals surface area contributed by atoms with E-state index in [1.807, 2.05) is 18.6 Å². The molecule has 2 heterocycles. The van der Waals surface area contributed by atoms with Crippen LogP contribution in [0.15, 0.2) is 18.6 Å². The molecule has 0 atom stereocenters.